The Hall–Kier alpha value is -2.26. The molecule has 4 rings (SSSR count). The average Bonchev–Trinajstić information content (AvgIpc) is 3.17. The van der Waals surface area contributed by atoms with Gasteiger partial charge in [0.05, 0.1) is 0 Å². The van der Waals surface area contributed by atoms with Crippen LogP contribution in [0.2, 0.25) is 0 Å². The van der Waals surface area contributed by atoms with Crippen LogP contribution in [0.3, 0.4) is 0 Å². The summed E-state index contributed by atoms with van der Waals surface area (Å²) in [5.74, 6) is 4.94. The molecule has 62 heavy (non-hydrogen) atoms. The first-order valence-electron chi connectivity index (χ1n) is 25.0. The molecule has 0 fully saturated rings. The molecule has 2 heteroatoms. The van der Waals surface area contributed by atoms with Gasteiger partial charge in [-0.3, -0.25) is 0 Å². The molecule has 0 heterocycles. The summed E-state index contributed by atoms with van der Waals surface area (Å²) in [6, 6.07) is 21.4. The molecule has 342 valence electrons. The minimum atomic E-state index is -0.992. The van der Waals surface area contributed by atoms with Crippen LogP contribution < -0.4 is 21.2 Å². The molecule has 0 aliphatic carbocycles. The summed E-state index contributed by atoms with van der Waals surface area (Å²) in [6.45, 7) is 59.1. The van der Waals surface area contributed by atoms with E-state index < -0.39 is 15.2 Å². The lowest BCUT2D eigenvalue weighted by Crippen LogP contribution is -2.34. The van der Waals surface area contributed by atoms with Gasteiger partial charge in [0.15, 0.2) is 0 Å². The van der Waals surface area contributed by atoms with Crippen LogP contribution in [0.1, 0.15) is 304 Å². The molecular weight excluding hydrogens is 783 g/mol. The molecule has 0 aromatic heterocycles. The van der Waals surface area contributed by atoms with E-state index in [0.29, 0.717) is 71.0 Å². The minimum absolute atomic E-state index is 0.387. The average molecular weight is 875 g/mol. The Kier molecular flexibility index (Phi) is 18.0. The van der Waals surface area contributed by atoms with E-state index in [4.69, 9.17) is 0 Å². The smallest absolute Gasteiger partial charge is 0.00768 e. The Labute approximate surface area is 387 Å². The highest BCUT2D eigenvalue weighted by Crippen LogP contribution is 2.71. The van der Waals surface area contributed by atoms with Gasteiger partial charge in [-0.25, -0.2) is 0 Å². The van der Waals surface area contributed by atoms with Crippen LogP contribution in [0.25, 0.3) is 0 Å². The van der Waals surface area contributed by atoms with E-state index in [-0.39, 0.29) is 0 Å². The molecule has 0 bridgehead atoms. The zero-order valence-electron chi connectivity index (χ0n) is 44.4. The lowest BCUT2D eigenvalue weighted by Gasteiger charge is -2.42. The summed E-state index contributed by atoms with van der Waals surface area (Å²) in [4.78, 5) is 0. The first-order valence-corrected chi connectivity index (χ1v) is 28.4. The number of hydrogen-bond donors (Lipinski definition) is 0. The second-order valence-electron chi connectivity index (χ2n) is 22.7. The lowest BCUT2D eigenvalue weighted by molar-refractivity contribution is 0.810. The van der Waals surface area contributed by atoms with E-state index >= 15 is 0 Å². The van der Waals surface area contributed by atoms with Gasteiger partial charge in [-0.2, -0.15) is 0 Å². The van der Waals surface area contributed by atoms with Gasteiger partial charge in [-0.1, -0.05) is 215 Å². The van der Waals surface area contributed by atoms with Crippen molar-refractivity contribution in [1.82, 2.24) is 0 Å². The predicted molar refractivity (Wildman–Crippen MR) is 287 cm³/mol. The number of benzene rings is 4. The van der Waals surface area contributed by atoms with Crippen molar-refractivity contribution in [3.63, 3.8) is 0 Å². The molecule has 4 aromatic carbocycles. The SMILES string of the molecule is CC(C)c1cc(C(C)C)c(P(c2c(C(C)C)cc(C(C)C)cc2C(C)C)P(c2c(C(C)C)cc(C(C)C)cc2C(C)C)c2c(C(C)C)cc(C(C)C)cc2C(C)C)c(C(C)C)c1. The predicted octanol–water partition coefficient (Wildman–Crippen LogP) is 18.6. The number of hydrogen-bond acceptors (Lipinski definition) is 0. The van der Waals surface area contributed by atoms with Gasteiger partial charge in [0, 0.05) is 0 Å². The van der Waals surface area contributed by atoms with Gasteiger partial charge in [0.2, 0.25) is 0 Å². The van der Waals surface area contributed by atoms with Crippen LogP contribution in [0.15, 0.2) is 48.5 Å². The van der Waals surface area contributed by atoms with Gasteiger partial charge in [0.25, 0.3) is 0 Å². The highest BCUT2D eigenvalue weighted by atomic mass is 32.1. The molecule has 0 spiro atoms. The van der Waals surface area contributed by atoms with Crippen molar-refractivity contribution in [2.24, 2.45) is 0 Å². The first-order chi connectivity index (χ1) is 28.7. The van der Waals surface area contributed by atoms with Crippen LogP contribution >= 0.6 is 15.2 Å². The van der Waals surface area contributed by atoms with Crippen LogP contribution in [-0.4, -0.2) is 0 Å². The molecule has 0 nitrogen and oxygen atoms in total. The van der Waals surface area contributed by atoms with E-state index in [1.54, 1.807) is 65.7 Å². The first kappa shape index (κ1) is 52.4. The summed E-state index contributed by atoms with van der Waals surface area (Å²) in [6.07, 6.45) is 0. The largest absolute Gasteiger partial charge is 0.0587 e. The topological polar surface area (TPSA) is 0 Å². The Balaban J connectivity index is 2.67. The van der Waals surface area contributed by atoms with Crippen LogP contribution in [-0.2, 0) is 0 Å². The Morgan fingerprint density at radius 2 is 0.306 bits per heavy atom. The lowest BCUT2D eigenvalue weighted by atomic mass is 9.89. The van der Waals surface area contributed by atoms with E-state index in [9.17, 15) is 0 Å². The van der Waals surface area contributed by atoms with Gasteiger partial charge in [-0.15, -0.1) is 0 Å². The molecule has 0 amide bonds. The molecule has 0 saturated carbocycles. The molecule has 0 unspecified atom stereocenters. The third-order valence-electron chi connectivity index (χ3n) is 13.5. The zero-order valence-corrected chi connectivity index (χ0v) is 46.2. The van der Waals surface area contributed by atoms with E-state index in [2.05, 4.69) is 215 Å². The van der Waals surface area contributed by atoms with Crippen molar-refractivity contribution in [1.29, 1.82) is 0 Å². The maximum absolute atomic E-state index is 2.68. The van der Waals surface area contributed by atoms with Crippen LogP contribution in [0.5, 0.6) is 0 Å². The zero-order chi connectivity index (χ0) is 47.0. The summed E-state index contributed by atoms with van der Waals surface area (Å²) >= 11 is 0. The van der Waals surface area contributed by atoms with E-state index in [1.807, 2.05) is 0 Å². The maximum Gasteiger partial charge on any atom is -0.00768 e. The normalized spacial score (nSPS) is 12.9. The second-order valence-corrected chi connectivity index (χ2v) is 28.1. The van der Waals surface area contributed by atoms with Crippen LogP contribution in [0, 0.1) is 0 Å². The van der Waals surface area contributed by atoms with E-state index in [0.717, 1.165) is 0 Å². The highest BCUT2D eigenvalue weighted by molar-refractivity contribution is 8.41. The highest BCUT2D eigenvalue weighted by Gasteiger charge is 2.42. The molecule has 0 radical (unpaired) electrons. The molecule has 4 aromatic rings. The molecular formula is C60H92P2. The second kappa shape index (κ2) is 21.4. The Morgan fingerprint density at radius 1 is 0.194 bits per heavy atom. The van der Waals surface area contributed by atoms with E-state index in [1.165, 1.54) is 22.3 Å². The summed E-state index contributed by atoms with van der Waals surface area (Å²) < 4.78 is 0. The monoisotopic (exact) mass is 875 g/mol. The van der Waals surface area contributed by atoms with Gasteiger partial charge in [-0.05, 0) is 174 Å². The van der Waals surface area contributed by atoms with Crippen molar-refractivity contribution < 1.29 is 0 Å². The summed E-state index contributed by atoms with van der Waals surface area (Å²) in [5, 5.41) is 6.76. The fraction of sp³-hybridized carbons (Fsp3) is 0.600. The van der Waals surface area contributed by atoms with Gasteiger partial charge >= 0.3 is 0 Å². The third-order valence-corrected chi connectivity index (χ3v) is 21.2. The molecule has 0 aliphatic heterocycles. The molecule has 0 atom stereocenters. The summed E-state index contributed by atoms with van der Waals surface area (Å²) in [5.41, 5.74) is 18.6. The van der Waals surface area contributed by atoms with Gasteiger partial charge < -0.3 is 0 Å². The van der Waals surface area contributed by atoms with Crippen molar-refractivity contribution >= 4 is 36.4 Å². The number of rotatable bonds is 17. The van der Waals surface area contributed by atoms with Crippen molar-refractivity contribution in [2.75, 3.05) is 0 Å². The summed E-state index contributed by atoms with van der Waals surface area (Å²) in [7, 11) is -1.98. The third kappa shape index (κ3) is 11.0. The van der Waals surface area contributed by atoms with Crippen molar-refractivity contribution in [2.45, 2.75) is 237 Å². The molecule has 0 saturated heterocycles. The maximum atomic E-state index is 2.68. The minimum Gasteiger partial charge on any atom is -0.0587 e. The Morgan fingerprint density at radius 3 is 0.387 bits per heavy atom. The molecule has 0 aliphatic rings. The quantitative estimate of drug-likeness (QED) is 0.0927. The fourth-order valence-electron chi connectivity index (χ4n) is 9.27. The standard InChI is InChI=1S/C60H92P2/c1-33(2)45-25-49(37(9)10)57(50(26-45)38(11)12)61(58-51(39(13)14)27-46(34(3)4)28-52(58)40(15)16)62(59-53(41(17)18)29-47(35(5)6)30-54(59)42(19)20)60-55(43(21)22)31-48(36(7)8)32-56(60)44(23)24/h25-44H,1-24H3. The fourth-order valence-corrected chi connectivity index (χ4v) is 20.2. The van der Waals surface area contributed by atoms with Gasteiger partial charge in [0.1, 0.15) is 0 Å². The van der Waals surface area contributed by atoms with Crippen molar-refractivity contribution in [3.8, 4) is 0 Å². The molecule has 0 N–H and O–H groups in total. The van der Waals surface area contributed by atoms with Crippen molar-refractivity contribution in [3.05, 3.63) is 115 Å². The Bertz CT molecular complexity index is 1710. The van der Waals surface area contributed by atoms with Crippen LogP contribution in [0.4, 0.5) is 0 Å².